The minimum Gasteiger partial charge on any atom is -0.481 e. The summed E-state index contributed by atoms with van der Waals surface area (Å²) < 4.78 is 49.2. The first kappa shape index (κ1) is 17.5. The van der Waals surface area contributed by atoms with E-state index < -0.39 is 17.8 Å². The van der Waals surface area contributed by atoms with E-state index in [-0.39, 0.29) is 17.3 Å². The summed E-state index contributed by atoms with van der Waals surface area (Å²) >= 11 is 0. The number of hydrogen-bond donors (Lipinski definition) is 0. The molecule has 2 aromatic carbocycles. The maximum Gasteiger partial charge on any atom is 0.416 e. The normalized spacial score (nSPS) is 12.4. The zero-order valence-corrected chi connectivity index (χ0v) is 13.5. The van der Waals surface area contributed by atoms with Crippen LogP contribution < -0.4 is 4.74 Å². The highest BCUT2D eigenvalue weighted by atomic mass is 19.4. The highest BCUT2D eigenvalue weighted by Crippen LogP contribution is 2.32. The molecule has 0 saturated carbocycles. The Hall–Kier alpha value is -3.34. The van der Waals surface area contributed by atoms with E-state index in [9.17, 15) is 13.2 Å². The van der Waals surface area contributed by atoms with Crippen LogP contribution in [0.4, 0.5) is 13.2 Å². The van der Waals surface area contributed by atoms with Crippen LogP contribution in [0, 0.1) is 11.3 Å². The minimum absolute atomic E-state index is 0.0429. The van der Waals surface area contributed by atoms with Crippen molar-refractivity contribution in [2.75, 3.05) is 0 Å². The first-order valence-electron chi connectivity index (χ1n) is 7.55. The maximum absolute atomic E-state index is 12.8. The van der Waals surface area contributed by atoms with Gasteiger partial charge in [-0.05, 0) is 43.3 Å². The molecule has 1 heterocycles. The predicted molar refractivity (Wildman–Crippen MR) is 84.9 cm³/mol. The average Bonchev–Trinajstić information content (AvgIpc) is 3.12. The van der Waals surface area contributed by atoms with E-state index in [0.29, 0.717) is 11.3 Å². The van der Waals surface area contributed by atoms with Crippen LogP contribution in [-0.2, 0) is 6.18 Å². The first-order chi connectivity index (χ1) is 12.4. The summed E-state index contributed by atoms with van der Waals surface area (Å²) in [7, 11) is 0. The van der Waals surface area contributed by atoms with Gasteiger partial charge in [0.25, 0.3) is 5.89 Å². The second kappa shape index (κ2) is 6.88. The Morgan fingerprint density at radius 1 is 1.15 bits per heavy atom. The maximum atomic E-state index is 12.8. The average molecular weight is 359 g/mol. The Labute approximate surface area is 146 Å². The van der Waals surface area contributed by atoms with Gasteiger partial charge in [0.15, 0.2) is 6.10 Å². The lowest BCUT2D eigenvalue weighted by Gasteiger charge is -2.10. The van der Waals surface area contributed by atoms with Gasteiger partial charge in [-0.3, -0.25) is 0 Å². The summed E-state index contributed by atoms with van der Waals surface area (Å²) in [5.74, 6) is 0.665. The number of rotatable bonds is 4. The van der Waals surface area contributed by atoms with Crippen LogP contribution >= 0.6 is 0 Å². The third-order valence-electron chi connectivity index (χ3n) is 3.53. The third-order valence-corrected chi connectivity index (χ3v) is 3.53. The van der Waals surface area contributed by atoms with Gasteiger partial charge < -0.3 is 9.26 Å². The summed E-state index contributed by atoms with van der Waals surface area (Å²) in [6.07, 6.45) is -5.07. The molecule has 0 amide bonds. The van der Waals surface area contributed by atoms with E-state index in [1.807, 2.05) is 6.07 Å². The number of hydrogen-bond acceptors (Lipinski definition) is 5. The van der Waals surface area contributed by atoms with Gasteiger partial charge >= 0.3 is 6.18 Å². The van der Waals surface area contributed by atoms with Crippen LogP contribution in [0.25, 0.3) is 11.4 Å². The van der Waals surface area contributed by atoms with Gasteiger partial charge in [-0.15, -0.1) is 0 Å². The molecule has 0 bridgehead atoms. The van der Waals surface area contributed by atoms with Crippen molar-refractivity contribution < 1.29 is 22.4 Å². The highest BCUT2D eigenvalue weighted by molar-refractivity contribution is 5.55. The predicted octanol–water partition coefficient (Wildman–Crippen LogP) is 4.77. The number of halogens is 3. The van der Waals surface area contributed by atoms with Crippen molar-refractivity contribution in [3.05, 3.63) is 65.5 Å². The first-order valence-corrected chi connectivity index (χ1v) is 7.55. The molecular formula is C18H12F3N3O2. The molecule has 3 rings (SSSR count). The molecule has 26 heavy (non-hydrogen) atoms. The van der Waals surface area contributed by atoms with Gasteiger partial charge in [0.1, 0.15) is 5.75 Å². The molecule has 0 saturated heterocycles. The van der Waals surface area contributed by atoms with Gasteiger partial charge in [-0.25, -0.2) is 0 Å². The second-order valence-corrected chi connectivity index (χ2v) is 5.43. The van der Waals surface area contributed by atoms with E-state index in [1.165, 1.54) is 12.1 Å². The van der Waals surface area contributed by atoms with E-state index in [1.54, 1.807) is 31.2 Å². The van der Waals surface area contributed by atoms with Gasteiger partial charge in [-0.1, -0.05) is 17.3 Å². The number of nitrogens with zero attached hydrogens (tertiary/aromatic N) is 3. The topological polar surface area (TPSA) is 71.9 Å². The molecule has 0 radical (unpaired) electrons. The number of nitriles is 1. The quantitative estimate of drug-likeness (QED) is 0.671. The molecule has 3 aromatic rings. The highest BCUT2D eigenvalue weighted by Gasteiger charge is 2.31. The zero-order chi connectivity index (χ0) is 18.7. The Balaban J connectivity index is 1.78. The van der Waals surface area contributed by atoms with Crippen molar-refractivity contribution in [2.24, 2.45) is 0 Å². The molecule has 0 fully saturated rings. The molecule has 0 aliphatic heterocycles. The Bertz CT molecular complexity index is 943. The van der Waals surface area contributed by atoms with Gasteiger partial charge in [0.2, 0.25) is 5.82 Å². The SMILES string of the molecule is C[C@H](Oc1ccc(C#N)cc1)c1nc(-c2cccc(C(F)(F)F)c2)no1. The van der Waals surface area contributed by atoms with E-state index in [4.69, 9.17) is 14.5 Å². The van der Waals surface area contributed by atoms with Crippen molar-refractivity contribution in [3.8, 4) is 23.2 Å². The van der Waals surface area contributed by atoms with Crippen LogP contribution in [-0.4, -0.2) is 10.1 Å². The number of alkyl halides is 3. The molecule has 0 aliphatic rings. The van der Waals surface area contributed by atoms with Crippen molar-refractivity contribution in [3.63, 3.8) is 0 Å². The number of ether oxygens (including phenoxy) is 1. The van der Waals surface area contributed by atoms with Crippen LogP contribution in [0.5, 0.6) is 5.75 Å². The fraction of sp³-hybridized carbons (Fsp3) is 0.167. The summed E-state index contributed by atoms with van der Waals surface area (Å²) in [5.41, 5.74) is -0.0988. The molecule has 5 nitrogen and oxygen atoms in total. The number of benzene rings is 2. The number of aromatic nitrogens is 2. The van der Waals surface area contributed by atoms with Crippen LogP contribution in [0.2, 0.25) is 0 Å². The fourth-order valence-corrected chi connectivity index (χ4v) is 2.21. The van der Waals surface area contributed by atoms with Gasteiger partial charge in [-0.2, -0.15) is 23.4 Å². The molecule has 8 heteroatoms. The van der Waals surface area contributed by atoms with Gasteiger partial charge in [0.05, 0.1) is 17.2 Å². The van der Waals surface area contributed by atoms with Gasteiger partial charge in [0, 0.05) is 5.56 Å². The lowest BCUT2D eigenvalue weighted by Crippen LogP contribution is -2.05. The molecule has 132 valence electrons. The summed E-state index contributed by atoms with van der Waals surface area (Å²) in [4.78, 5) is 4.11. The standard InChI is InChI=1S/C18H12F3N3O2/c1-11(25-15-7-5-12(10-22)6-8-15)17-23-16(24-26-17)13-3-2-4-14(9-13)18(19,20)21/h2-9,11H,1H3/t11-/m0/s1. The molecule has 0 unspecified atom stereocenters. The zero-order valence-electron chi connectivity index (χ0n) is 13.5. The minimum atomic E-state index is -4.45. The Morgan fingerprint density at radius 2 is 1.88 bits per heavy atom. The van der Waals surface area contributed by atoms with Crippen molar-refractivity contribution >= 4 is 0 Å². The van der Waals surface area contributed by atoms with Crippen molar-refractivity contribution in [1.82, 2.24) is 10.1 Å². The summed E-state index contributed by atoms with van der Waals surface area (Å²) in [6.45, 7) is 1.67. The van der Waals surface area contributed by atoms with Crippen LogP contribution in [0.3, 0.4) is 0 Å². The van der Waals surface area contributed by atoms with E-state index in [0.717, 1.165) is 12.1 Å². The summed E-state index contributed by atoms with van der Waals surface area (Å²) in [6, 6.07) is 13.1. The lowest BCUT2D eigenvalue weighted by atomic mass is 10.1. The molecule has 0 N–H and O–H groups in total. The molecule has 0 spiro atoms. The van der Waals surface area contributed by atoms with Crippen LogP contribution in [0.1, 0.15) is 30.0 Å². The van der Waals surface area contributed by atoms with Crippen LogP contribution in [0.15, 0.2) is 53.1 Å². The van der Waals surface area contributed by atoms with E-state index in [2.05, 4.69) is 10.1 Å². The molecule has 1 aromatic heterocycles. The van der Waals surface area contributed by atoms with Crippen molar-refractivity contribution in [2.45, 2.75) is 19.2 Å². The second-order valence-electron chi connectivity index (χ2n) is 5.43. The smallest absolute Gasteiger partial charge is 0.416 e. The van der Waals surface area contributed by atoms with E-state index >= 15 is 0 Å². The monoisotopic (exact) mass is 359 g/mol. The lowest BCUT2D eigenvalue weighted by molar-refractivity contribution is -0.137. The van der Waals surface area contributed by atoms with Crippen molar-refractivity contribution in [1.29, 1.82) is 5.26 Å². The molecular weight excluding hydrogens is 347 g/mol. The Morgan fingerprint density at radius 3 is 2.54 bits per heavy atom. The molecule has 1 atom stereocenters. The summed E-state index contributed by atoms with van der Waals surface area (Å²) in [5, 5.41) is 12.5. The fourth-order valence-electron chi connectivity index (χ4n) is 2.21. The Kier molecular flexibility index (Phi) is 4.63. The third kappa shape index (κ3) is 3.83. The molecule has 0 aliphatic carbocycles. The largest absolute Gasteiger partial charge is 0.481 e.